The number of aromatic nitrogens is 1. The fraction of sp³-hybridized carbons (Fsp3) is 0.500. The average Bonchev–Trinajstić information content (AvgIpc) is 3.72. The second kappa shape index (κ2) is 9.36. The Hall–Kier alpha value is -3.05. The van der Waals surface area contributed by atoms with Crippen molar-refractivity contribution in [2.45, 2.75) is 81.0 Å². The van der Waals surface area contributed by atoms with Gasteiger partial charge in [0.15, 0.2) is 0 Å². The van der Waals surface area contributed by atoms with Crippen LogP contribution < -0.4 is 22.1 Å². The van der Waals surface area contributed by atoms with Gasteiger partial charge < -0.3 is 16.8 Å². The van der Waals surface area contributed by atoms with Crippen LogP contribution in [0.25, 0.3) is 11.3 Å². The van der Waals surface area contributed by atoms with Crippen molar-refractivity contribution in [3.63, 3.8) is 0 Å². The molecule has 2 aliphatic rings. The number of hydrogen-bond acceptors (Lipinski definition) is 5. The molecule has 0 radical (unpaired) electrons. The van der Waals surface area contributed by atoms with E-state index in [1.165, 1.54) is 38.1 Å². The van der Waals surface area contributed by atoms with Crippen LogP contribution in [-0.4, -0.2) is 40.3 Å². The first-order valence-corrected chi connectivity index (χ1v) is 12.1. The molecule has 2 aromatic rings. The Bertz CT molecular complexity index is 1150. The van der Waals surface area contributed by atoms with Gasteiger partial charge in [-0.15, -0.1) is 0 Å². The number of hydrogen-bond donors (Lipinski definition) is 4. The van der Waals surface area contributed by atoms with Crippen molar-refractivity contribution in [2.75, 3.05) is 0 Å². The SMILES string of the molecule is CC(C)(F)C[C@H](N[C@@H](c1ccc(-c2ccc(C3(C(N)=O)CC3)cn2)cc1)C(F)(F)F)C(=O)NC1(N)CC1. The second-order valence-electron chi connectivity index (χ2n) is 10.8. The number of pyridine rings is 1. The Balaban J connectivity index is 1.54. The number of carbonyl (C=O) groups is 2. The first kappa shape index (κ1) is 27.0. The van der Waals surface area contributed by atoms with Gasteiger partial charge >= 0.3 is 6.18 Å². The van der Waals surface area contributed by atoms with Crippen LogP contribution in [0.5, 0.6) is 0 Å². The van der Waals surface area contributed by atoms with Gasteiger partial charge in [-0.3, -0.25) is 19.9 Å². The number of primary amides is 1. The van der Waals surface area contributed by atoms with E-state index in [0.717, 1.165) is 0 Å². The van der Waals surface area contributed by atoms with Gasteiger partial charge in [0.25, 0.3) is 0 Å². The Morgan fingerprint density at radius 2 is 1.65 bits per heavy atom. The van der Waals surface area contributed by atoms with Crippen LogP contribution in [0.4, 0.5) is 17.6 Å². The third-order valence-corrected chi connectivity index (χ3v) is 6.94. The van der Waals surface area contributed by atoms with Crippen molar-refractivity contribution in [1.82, 2.24) is 15.6 Å². The normalized spacial score (nSPS) is 19.5. The summed E-state index contributed by atoms with van der Waals surface area (Å²) in [6.45, 7) is 2.41. The number of carbonyl (C=O) groups excluding carboxylic acids is 2. The number of nitrogens with two attached hydrogens (primary N) is 2. The fourth-order valence-corrected chi connectivity index (χ4v) is 4.38. The molecule has 1 heterocycles. The Kier molecular flexibility index (Phi) is 6.83. The number of nitrogens with one attached hydrogen (secondary N) is 2. The maximum Gasteiger partial charge on any atom is 0.407 e. The molecule has 0 bridgehead atoms. The highest BCUT2D eigenvalue weighted by Crippen LogP contribution is 2.47. The predicted octanol–water partition coefficient (Wildman–Crippen LogP) is 3.53. The second-order valence-corrected chi connectivity index (χ2v) is 10.8. The van der Waals surface area contributed by atoms with Crippen molar-refractivity contribution in [3.8, 4) is 11.3 Å². The molecule has 0 spiro atoms. The average molecular weight is 522 g/mol. The molecule has 0 unspecified atom stereocenters. The Labute approximate surface area is 212 Å². The van der Waals surface area contributed by atoms with E-state index < -0.39 is 53.2 Å². The molecule has 2 saturated carbocycles. The van der Waals surface area contributed by atoms with Gasteiger partial charge in [0.1, 0.15) is 11.7 Å². The number of halogens is 4. The summed E-state index contributed by atoms with van der Waals surface area (Å²) < 4.78 is 56.7. The number of alkyl halides is 4. The molecule has 6 N–H and O–H groups in total. The molecular formula is C26H31F4N5O2. The molecule has 200 valence electrons. The molecule has 2 fully saturated rings. The number of benzene rings is 1. The monoisotopic (exact) mass is 521 g/mol. The first-order chi connectivity index (χ1) is 17.1. The lowest BCUT2D eigenvalue weighted by Crippen LogP contribution is -2.55. The number of rotatable bonds is 10. The molecule has 1 aromatic heterocycles. The Morgan fingerprint density at radius 1 is 1.03 bits per heavy atom. The number of nitrogens with zero attached hydrogens (tertiary/aromatic N) is 1. The molecule has 2 amide bonds. The number of amides is 2. The summed E-state index contributed by atoms with van der Waals surface area (Å²) >= 11 is 0. The topological polar surface area (TPSA) is 123 Å². The lowest BCUT2D eigenvalue weighted by Gasteiger charge is -2.30. The fourth-order valence-electron chi connectivity index (χ4n) is 4.38. The van der Waals surface area contributed by atoms with Crippen LogP contribution in [0, 0.1) is 0 Å². The van der Waals surface area contributed by atoms with Crippen molar-refractivity contribution in [2.24, 2.45) is 11.5 Å². The molecule has 7 nitrogen and oxygen atoms in total. The summed E-state index contributed by atoms with van der Waals surface area (Å²) in [4.78, 5) is 28.8. The van der Waals surface area contributed by atoms with Gasteiger partial charge in [-0.1, -0.05) is 30.3 Å². The van der Waals surface area contributed by atoms with Gasteiger partial charge in [-0.05, 0) is 56.7 Å². The minimum absolute atomic E-state index is 0.137. The first-order valence-electron chi connectivity index (χ1n) is 12.1. The summed E-state index contributed by atoms with van der Waals surface area (Å²) in [6.07, 6.45) is -1.33. The van der Waals surface area contributed by atoms with E-state index in [2.05, 4.69) is 15.6 Å². The third-order valence-electron chi connectivity index (χ3n) is 6.94. The van der Waals surface area contributed by atoms with E-state index in [9.17, 15) is 27.2 Å². The molecule has 1 aromatic carbocycles. The minimum Gasteiger partial charge on any atom is -0.369 e. The van der Waals surface area contributed by atoms with E-state index in [-0.39, 0.29) is 5.56 Å². The van der Waals surface area contributed by atoms with Gasteiger partial charge in [-0.2, -0.15) is 13.2 Å². The van der Waals surface area contributed by atoms with Crippen molar-refractivity contribution < 1.29 is 27.2 Å². The van der Waals surface area contributed by atoms with Crippen molar-refractivity contribution in [3.05, 3.63) is 53.7 Å². The minimum atomic E-state index is -4.76. The molecule has 4 rings (SSSR count). The van der Waals surface area contributed by atoms with E-state index in [1.807, 2.05) is 0 Å². The van der Waals surface area contributed by atoms with E-state index >= 15 is 0 Å². The summed E-state index contributed by atoms with van der Waals surface area (Å²) in [7, 11) is 0. The summed E-state index contributed by atoms with van der Waals surface area (Å²) in [5.41, 5.74) is 9.52. The van der Waals surface area contributed by atoms with Gasteiger partial charge in [0.2, 0.25) is 11.8 Å². The van der Waals surface area contributed by atoms with Crippen molar-refractivity contribution in [1.29, 1.82) is 0 Å². The van der Waals surface area contributed by atoms with Crippen LogP contribution in [0.2, 0.25) is 0 Å². The maximum absolute atomic E-state index is 14.4. The molecule has 0 saturated heterocycles. The largest absolute Gasteiger partial charge is 0.407 e. The highest BCUT2D eigenvalue weighted by atomic mass is 19.4. The maximum atomic E-state index is 14.4. The van der Waals surface area contributed by atoms with Crippen LogP contribution >= 0.6 is 0 Å². The molecule has 11 heteroatoms. The zero-order valence-electron chi connectivity index (χ0n) is 20.7. The smallest absolute Gasteiger partial charge is 0.369 e. The zero-order chi connectivity index (χ0) is 27.2. The molecule has 2 atom stereocenters. The van der Waals surface area contributed by atoms with E-state index in [4.69, 9.17) is 11.5 Å². The predicted molar refractivity (Wildman–Crippen MR) is 130 cm³/mol. The van der Waals surface area contributed by atoms with Crippen LogP contribution in [0.3, 0.4) is 0 Å². The molecule has 2 aliphatic carbocycles. The summed E-state index contributed by atoms with van der Waals surface area (Å²) in [6, 6.07) is 5.34. The summed E-state index contributed by atoms with van der Waals surface area (Å²) in [5.74, 6) is -1.18. The molecular weight excluding hydrogens is 490 g/mol. The highest BCUT2D eigenvalue weighted by molar-refractivity contribution is 5.89. The third kappa shape index (κ3) is 6.27. The highest BCUT2D eigenvalue weighted by Gasteiger charge is 2.50. The van der Waals surface area contributed by atoms with Crippen LogP contribution in [0.15, 0.2) is 42.6 Å². The van der Waals surface area contributed by atoms with Gasteiger partial charge in [0.05, 0.1) is 22.8 Å². The summed E-state index contributed by atoms with van der Waals surface area (Å²) in [5, 5.41) is 4.85. The molecule has 0 aliphatic heterocycles. The van der Waals surface area contributed by atoms with E-state index in [1.54, 1.807) is 18.3 Å². The standard InChI is InChI=1S/C26H31F4N5O2/c1-23(2,27)13-19(21(36)35-25(32)11-12-25)34-20(26(28,29)30)16-5-3-15(4-6-16)18-8-7-17(14-33-18)24(9-10-24)22(31)37/h3-8,14,19-20,34H,9-13,32H2,1-2H3,(H2,31,37)(H,35,36)/t19-,20-/m0/s1. The van der Waals surface area contributed by atoms with Crippen LogP contribution in [-0.2, 0) is 15.0 Å². The van der Waals surface area contributed by atoms with Gasteiger partial charge in [0, 0.05) is 18.2 Å². The lowest BCUT2D eigenvalue weighted by atomic mass is 9.95. The zero-order valence-corrected chi connectivity index (χ0v) is 20.7. The van der Waals surface area contributed by atoms with Gasteiger partial charge in [-0.25, -0.2) is 4.39 Å². The lowest BCUT2D eigenvalue weighted by molar-refractivity contribution is -0.161. The van der Waals surface area contributed by atoms with Crippen LogP contribution in [0.1, 0.15) is 63.1 Å². The van der Waals surface area contributed by atoms with E-state index in [0.29, 0.717) is 42.5 Å². The quantitative estimate of drug-likeness (QED) is 0.281. The van der Waals surface area contributed by atoms with Crippen molar-refractivity contribution >= 4 is 11.8 Å². The molecule has 37 heavy (non-hydrogen) atoms. The Morgan fingerprint density at radius 3 is 2.08 bits per heavy atom.